The van der Waals surface area contributed by atoms with Gasteiger partial charge in [0.25, 0.3) is 5.91 Å². The minimum absolute atomic E-state index is 0.0346. The van der Waals surface area contributed by atoms with E-state index in [4.69, 9.17) is 4.74 Å². The summed E-state index contributed by atoms with van der Waals surface area (Å²) in [6.07, 6.45) is 2.06. The minimum Gasteiger partial charge on any atom is -0.481 e. The zero-order valence-electron chi connectivity index (χ0n) is 15.5. The number of hydrogen-bond donors (Lipinski definition) is 0. The van der Waals surface area contributed by atoms with Gasteiger partial charge in [0, 0.05) is 20.1 Å². The first-order chi connectivity index (χ1) is 12.1. The van der Waals surface area contributed by atoms with Gasteiger partial charge in [0.1, 0.15) is 5.56 Å². The molecule has 5 heteroatoms. The molecule has 5 nitrogen and oxygen atoms in total. The predicted molar refractivity (Wildman–Crippen MR) is 98.0 cm³/mol. The second-order valence-corrected chi connectivity index (χ2v) is 6.82. The van der Waals surface area contributed by atoms with E-state index in [0.29, 0.717) is 23.3 Å². The maximum absolute atomic E-state index is 13.1. The predicted octanol–water partition coefficient (Wildman–Crippen LogP) is 3.39. The fourth-order valence-electron chi connectivity index (χ4n) is 4.04. The Morgan fingerprint density at radius 2 is 2.04 bits per heavy atom. The first kappa shape index (κ1) is 17.5. The van der Waals surface area contributed by atoms with E-state index in [1.807, 2.05) is 11.8 Å². The molecule has 0 radical (unpaired) electrons. The Balaban J connectivity index is 1.81. The Bertz CT molecular complexity index is 739. The molecule has 1 aliphatic rings. The van der Waals surface area contributed by atoms with Crippen LogP contribution in [0, 0.1) is 12.8 Å². The van der Waals surface area contributed by atoms with Crippen molar-refractivity contribution in [3.63, 3.8) is 0 Å². The van der Waals surface area contributed by atoms with Crippen LogP contribution in [-0.4, -0.2) is 40.8 Å². The molecule has 134 valence electrons. The van der Waals surface area contributed by atoms with Gasteiger partial charge in [0.05, 0.1) is 12.8 Å². The van der Waals surface area contributed by atoms with Crippen LogP contribution < -0.4 is 4.74 Å². The van der Waals surface area contributed by atoms with E-state index in [1.165, 1.54) is 5.56 Å². The van der Waals surface area contributed by atoms with E-state index in [0.717, 1.165) is 31.6 Å². The number of benzene rings is 1. The summed E-state index contributed by atoms with van der Waals surface area (Å²) in [7, 11) is 3.39. The molecule has 0 aliphatic carbocycles. The lowest BCUT2D eigenvalue weighted by Gasteiger charge is -2.38. The number of aromatic nitrogens is 2. The molecule has 25 heavy (non-hydrogen) atoms. The number of ether oxygens (including phenoxy) is 1. The molecule has 0 saturated carbocycles. The van der Waals surface area contributed by atoms with Crippen molar-refractivity contribution in [1.82, 2.24) is 14.7 Å². The maximum atomic E-state index is 13.1. The summed E-state index contributed by atoms with van der Waals surface area (Å²) in [4.78, 5) is 15.1. The highest BCUT2D eigenvalue weighted by Gasteiger charge is 2.34. The first-order valence-electron chi connectivity index (χ1n) is 8.98. The molecular weight excluding hydrogens is 314 g/mol. The smallest absolute Gasteiger partial charge is 0.261 e. The number of carbonyl (C=O) groups excluding carboxylic acids is 1. The summed E-state index contributed by atoms with van der Waals surface area (Å²) in [6.45, 7) is 5.63. The van der Waals surface area contributed by atoms with Gasteiger partial charge in [-0.05, 0) is 30.7 Å². The number of carbonyl (C=O) groups is 1. The molecular formula is C20H27N3O2. The molecule has 0 unspecified atom stereocenters. The van der Waals surface area contributed by atoms with Crippen molar-refractivity contribution in [3.8, 4) is 5.88 Å². The highest BCUT2D eigenvalue weighted by Crippen LogP contribution is 2.36. The van der Waals surface area contributed by atoms with E-state index in [-0.39, 0.29) is 5.91 Å². The molecule has 0 N–H and O–H groups in total. The molecule has 1 aromatic heterocycles. The zero-order valence-corrected chi connectivity index (χ0v) is 15.5. The van der Waals surface area contributed by atoms with Crippen molar-refractivity contribution < 1.29 is 9.53 Å². The lowest BCUT2D eigenvalue weighted by Crippen LogP contribution is -2.43. The third kappa shape index (κ3) is 3.28. The monoisotopic (exact) mass is 341 g/mol. The van der Waals surface area contributed by atoms with Crippen molar-refractivity contribution in [3.05, 3.63) is 47.2 Å². The number of likely N-dealkylation sites (tertiary alicyclic amines) is 1. The number of aryl methyl sites for hydroxylation is 2. The van der Waals surface area contributed by atoms with Crippen molar-refractivity contribution in [2.75, 3.05) is 20.2 Å². The summed E-state index contributed by atoms with van der Waals surface area (Å²) < 4.78 is 7.04. The number of rotatable bonds is 4. The first-order valence-corrected chi connectivity index (χ1v) is 8.98. The number of methoxy groups -OCH3 is 1. The normalized spacial score (nSPS) is 20.6. The minimum atomic E-state index is 0.0346. The third-order valence-electron chi connectivity index (χ3n) is 5.35. The summed E-state index contributed by atoms with van der Waals surface area (Å²) in [6, 6.07) is 10.7. The van der Waals surface area contributed by atoms with Gasteiger partial charge in [-0.15, -0.1) is 0 Å². The number of hydrogen-bond acceptors (Lipinski definition) is 3. The van der Waals surface area contributed by atoms with E-state index >= 15 is 0 Å². The highest BCUT2D eigenvalue weighted by molar-refractivity contribution is 5.97. The van der Waals surface area contributed by atoms with Crippen LogP contribution in [0.3, 0.4) is 0 Å². The lowest BCUT2D eigenvalue weighted by molar-refractivity contribution is 0.0641. The molecule has 1 amide bonds. The van der Waals surface area contributed by atoms with E-state index in [9.17, 15) is 4.79 Å². The topological polar surface area (TPSA) is 47.4 Å². The van der Waals surface area contributed by atoms with Gasteiger partial charge in [-0.25, -0.2) is 4.68 Å². The van der Waals surface area contributed by atoms with Crippen LogP contribution >= 0.6 is 0 Å². The summed E-state index contributed by atoms with van der Waals surface area (Å²) in [5.41, 5.74) is 2.71. The van der Waals surface area contributed by atoms with Gasteiger partial charge < -0.3 is 9.64 Å². The van der Waals surface area contributed by atoms with E-state index in [2.05, 4.69) is 42.4 Å². The average molecular weight is 341 g/mol. The van der Waals surface area contributed by atoms with Gasteiger partial charge in [0.2, 0.25) is 5.88 Å². The molecule has 3 rings (SSSR count). The van der Waals surface area contributed by atoms with E-state index in [1.54, 1.807) is 18.8 Å². The highest BCUT2D eigenvalue weighted by atomic mass is 16.5. The van der Waals surface area contributed by atoms with Crippen molar-refractivity contribution in [1.29, 1.82) is 0 Å². The van der Waals surface area contributed by atoms with Crippen LogP contribution in [0.5, 0.6) is 5.88 Å². The lowest BCUT2D eigenvalue weighted by atomic mass is 9.79. The van der Waals surface area contributed by atoms with Crippen molar-refractivity contribution in [2.45, 2.75) is 32.6 Å². The van der Waals surface area contributed by atoms with Crippen LogP contribution in [0.4, 0.5) is 0 Å². The largest absolute Gasteiger partial charge is 0.481 e. The van der Waals surface area contributed by atoms with Crippen LogP contribution in [-0.2, 0) is 7.05 Å². The Labute approximate surface area is 149 Å². The second-order valence-electron chi connectivity index (χ2n) is 6.82. The molecule has 2 heterocycles. The van der Waals surface area contributed by atoms with Gasteiger partial charge in [-0.2, -0.15) is 5.10 Å². The van der Waals surface area contributed by atoms with Gasteiger partial charge in [-0.1, -0.05) is 43.7 Å². The molecule has 0 bridgehead atoms. The van der Waals surface area contributed by atoms with Crippen LogP contribution in [0.2, 0.25) is 0 Å². The van der Waals surface area contributed by atoms with Gasteiger partial charge in [0.15, 0.2) is 0 Å². The number of amides is 1. The van der Waals surface area contributed by atoms with Gasteiger partial charge in [-0.3, -0.25) is 4.79 Å². The Morgan fingerprint density at radius 3 is 2.68 bits per heavy atom. The number of piperidine rings is 1. The Kier molecular flexibility index (Phi) is 5.11. The fourth-order valence-corrected chi connectivity index (χ4v) is 4.04. The summed E-state index contributed by atoms with van der Waals surface area (Å²) in [5.74, 6) is 1.57. The molecule has 1 saturated heterocycles. The Morgan fingerprint density at radius 1 is 1.32 bits per heavy atom. The quantitative estimate of drug-likeness (QED) is 0.856. The third-order valence-corrected chi connectivity index (χ3v) is 5.35. The van der Waals surface area contributed by atoms with Crippen molar-refractivity contribution in [2.24, 2.45) is 13.0 Å². The maximum Gasteiger partial charge on any atom is 0.261 e. The van der Waals surface area contributed by atoms with E-state index < -0.39 is 0 Å². The molecule has 2 aromatic rings. The van der Waals surface area contributed by atoms with Crippen molar-refractivity contribution >= 4 is 5.91 Å². The van der Waals surface area contributed by atoms with Crippen LogP contribution in [0.1, 0.15) is 47.3 Å². The standard InChI is InChI=1S/C20H27N3O2/c1-5-15-13-23(12-11-17(15)16-9-7-6-8-10-16)19(24)18-14(2)21-22(3)20(18)25-4/h6-10,15,17H,5,11-13H2,1-4H3/t15-,17+/m1/s1. The second kappa shape index (κ2) is 7.30. The molecule has 1 fully saturated rings. The molecule has 0 spiro atoms. The van der Waals surface area contributed by atoms with Crippen LogP contribution in [0.25, 0.3) is 0 Å². The SMILES string of the molecule is CC[C@@H]1CN(C(=O)c2c(C)nn(C)c2OC)CC[C@@H]1c1ccccc1. The molecule has 2 atom stereocenters. The average Bonchev–Trinajstić information content (AvgIpc) is 2.94. The molecule has 1 aliphatic heterocycles. The Hall–Kier alpha value is -2.30. The number of nitrogens with zero attached hydrogens (tertiary/aromatic N) is 3. The van der Waals surface area contributed by atoms with Gasteiger partial charge >= 0.3 is 0 Å². The van der Waals surface area contributed by atoms with Crippen LogP contribution in [0.15, 0.2) is 30.3 Å². The zero-order chi connectivity index (χ0) is 18.0. The molecule has 1 aromatic carbocycles. The summed E-state index contributed by atoms with van der Waals surface area (Å²) in [5, 5.41) is 4.34. The summed E-state index contributed by atoms with van der Waals surface area (Å²) >= 11 is 0. The fraction of sp³-hybridized carbons (Fsp3) is 0.500.